The van der Waals surface area contributed by atoms with Gasteiger partial charge in [0.1, 0.15) is 0 Å². The van der Waals surface area contributed by atoms with Crippen molar-refractivity contribution < 1.29 is 14.3 Å². The second-order valence-electron chi connectivity index (χ2n) is 4.64. The third-order valence-corrected chi connectivity index (χ3v) is 4.14. The first kappa shape index (κ1) is 15.3. The van der Waals surface area contributed by atoms with E-state index in [4.69, 9.17) is 9.47 Å². The highest BCUT2D eigenvalue weighted by atomic mass is 32.1. The van der Waals surface area contributed by atoms with Crippen LogP contribution in [-0.2, 0) is 0 Å². The third kappa shape index (κ3) is 3.52. The quantitative estimate of drug-likeness (QED) is 0.611. The summed E-state index contributed by atoms with van der Waals surface area (Å²) >= 11 is 1.73. The molecule has 0 saturated carbocycles. The molecular formula is C17H18O3S. The van der Waals surface area contributed by atoms with Gasteiger partial charge in [-0.15, -0.1) is 11.3 Å². The normalized spacial score (nSPS) is 10.9. The van der Waals surface area contributed by atoms with Gasteiger partial charge in [0.2, 0.25) is 0 Å². The van der Waals surface area contributed by atoms with E-state index in [1.165, 1.54) is 9.75 Å². The minimum Gasteiger partial charge on any atom is -0.493 e. The van der Waals surface area contributed by atoms with Crippen LogP contribution in [0.1, 0.15) is 25.7 Å². The van der Waals surface area contributed by atoms with Crippen molar-refractivity contribution in [2.45, 2.75) is 13.8 Å². The molecule has 1 aromatic carbocycles. The molecule has 110 valence electrons. The van der Waals surface area contributed by atoms with Gasteiger partial charge in [-0.3, -0.25) is 4.79 Å². The highest BCUT2D eigenvalue weighted by Gasteiger charge is 2.09. The summed E-state index contributed by atoms with van der Waals surface area (Å²) in [6.07, 6.45) is 3.45. The molecule has 1 heterocycles. The van der Waals surface area contributed by atoms with Gasteiger partial charge in [0.25, 0.3) is 0 Å². The van der Waals surface area contributed by atoms with E-state index in [1.807, 2.05) is 6.08 Å². The van der Waals surface area contributed by atoms with Crippen LogP contribution in [0, 0.1) is 13.8 Å². The molecule has 0 N–H and O–H groups in total. The Hall–Kier alpha value is -2.07. The van der Waals surface area contributed by atoms with Crippen molar-refractivity contribution in [2.24, 2.45) is 0 Å². The van der Waals surface area contributed by atoms with E-state index in [9.17, 15) is 4.79 Å². The lowest BCUT2D eigenvalue weighted by molar-refractivity contribution is 0.104. The zero-order valence-corrected chi connectivity index (χ0v) is 13.4. The molecule has 0 radical (unpaired) electrons. The van der Waals surface area contributed by atoms with Crippen LogP contribution in [-0.4, -0.2) is 20.0 Å². The lowest BCUT2D eigenvalue weighted by Gasteiger charge is -2.07. The van der Waals surface area contributed by atoms with Crippen molar-refractivity contribution in [1.82, 2.24) is 0 Å². The molecule has 0 amide bonds. The molecule has 0 saturated heterocycles. The number of methoxy groups -OCH3 is 2. The summed E-state index contributed by atoms with van der Waals surface area (Å²) in [5.74, 6) is 1.11. The van der Waals surface area contributed by atoms with Crippen LogP contribution < -0.4 is 9.47 Å². The minimum absolute atomic E-state index is 0.0563. The molecule has 0 aliphatic heterocycles. The van der Waals surface area contributed by atoms with Gasteiger partial charge in [-0.25, -0.2) is 0 Å². The molecule has 2 rings (SSSR count). The Labute approximate surface area is 128 Å². The zero-order chi connectivity index (χ0) is 15.4. The van der Waals surface area contributed by atoms with Crippen molar-refractivity contribution in [3.63, 3.8) is 0 Å². The van der Waals surface area contributed by atoms with E-state index in [0.717, 1.165) is 5.56 Å². The smallest absolute Gasteiger partial charge is 0.185 e. The molecule has 0 unspecified atom stereocenters. The first-order chi connectivity index (χ1) is 10.0. The van der Waals surface area contributed by atoms with Crippen molar-refractivity contribution in [3.8, 4) is 11.5 Å². The number of hydrogen-bond donors (Lipinski definition) is 0. The van der Waals surface area contributed by atoms with Gasteiger partial charge in [-0.2, -0.15) is 0 Å². The monoisotopic (exact) mass is 302 g/mol. The lowest BCUT2D eigenvalue weighted by atomic mass is 10.1. The van der Waals surface area contributed by atoms with Crippen LogP contribution in [0.15, 0.2) is 30.3 Å². The Morgan fingerprint density at radius 2 is 1.81 bits per heavy atom. The molecule has 2 aromatic rings. The van der Waals surface area contributed by atoms with Crippen LogP contribution in [0.5, 0.6) is 11.5 Å². The first-order valence-corrected chi connectivity index (χ1v) is 7.38. The SMILES string of the molecule is COc1ccc(C(=O)/C=C/c2cc(C)sc2C)cc1OC. The van der Waals surface area contributed by atoms with Gasteiger partial charge in [0.15, 0.2) is 17.3 Å². The van der Waals surface area contributed by atoms with E-state index >= 15 is 0 Å². The molecule has 0 aliphatic carbocycles. The summed E-state index contributed by atoms with van der Waals surface area (Å²) in [5, 5.41) is 0. The first-order valence-electron chi connectivity index (χ1n) is 6.56. The predicted octanol–water partition coefficient (Wildman–Crippen LogP) is 4.28. The van der Waals surface area contributed by atoms with Crippen molar-refractivity contribution >= 4 is 23.2 Å². The topological polar surface area (TPSA) is 35.5 Å². The molecule has 3 nitrogen and oxygen atoms in total. The van der Waals surface area contributed by atoms with Gasteiger partial charge in [-0.1, -0.05) is 0 Å². The molecule has 0 atom stereocenters. The summed E-state index contributed by atoms with van der Waals surface area (Å²) in [4.78, 5) is 14.7. The van der Waals surface area contributed by atoms with Crippen LogP contribution >= 0.6 is 11.3 Å². The van der Waals surface area contributed by atoms with E-state index in [2.05, 4.69) is 19.9 Å². The fraction of sp³-hybridized carbons (Fsp3) is 0.235. The van der Waals surface area contributed by atoms with Crippen molar-refractivity contribution in [2.75, 3.05) is 14.2 Å². The maximum atomic E-state index is 12.2. The summed E-state index contributed by atoms with van der Waals surface area (Å²) in [7, 11) is 3.13. The number of aryl methyl sites for hydroxylation is 2. The van der Waals surface area contributed by atoms with Gasteiger partial charge < -0.3 is 9.47 Å². The Balaban J connectivity index is 2.22. The van der Waals surface area contributed by atoms with Gasteiger partial charge >= 0.3 is 0 Å². The molecule has 0 aliphatic rings. The van der Waals surface area contributed by atoms with E-state index in [-0.39, 0.29) is 5.78 Å². The number of ketones is 1. The second kappa shape index (κ2) is 6.59. The number of hydrogen-bond acceptors (Lipinski definition) is 4. The predicted molar refractivity (Wildman–Crippen MR) is 86.7 cm³/mol. The molecule has 1 aromatic heterocycles. The summed E-state index contributed by atoms with van der Waals surface area (Å²) in [6, 6.07) is 7.25. The fourth-order valence-corrected chi connectivity index (χ4v) is 2.98. The second-order valence-corrected chi connectivity index (χ2v) is 6.10. The lowest BCUT2D eigenvalue weighted by Crippen LogP contribution is -1.97. The Bertz CT molecular complexity index is 683. The molecule has 0 bridgehead atoms. The minimum atomic E-state index is -0.0563. The molecule has 21 heavy (non-hydrogen) atoms. The average molecular weight is 302 g/mol. The maximum absolute atomic E-state index is 12.2. The number of ether oxygens (including phenoxy) is 2. The fourth-order valence-electron chi connectivity index (χ4n) is 2.07. The maximum Gasteiger partial charge on any atom is 0.185 e. The Kier molecular flexibility index (Phi) is 4.81. The summed E-state index contributed by atoms with van der Waals surface area (Å²) < 4.78 is 10.4. The van der Waals surface area contributed by atoms with Crippen LogP contribution in [0.4, 0.5) is 0 Å². The molecule has 0 spiro atoms. The third-order valence-electron chi connectivity index (χ3n) is 3.16. The van der Waals surface area contributed by atoms with Gasteiger partial charge in [0, 0.05) is 15.3 Å². The van der Waals surface area contributed by atoms with Crippen molar-refractivity contribution in [1.29, 1.82) is 0 Å². The Morgan fingerprint density at radius 1 is 1.10 bits per heavy atom. The number of carbonyl (C=O) groups is 1. The van der Waals surface area contributed by atoms with Crippen LogP contribution in [0.2, 0.25) is 0 Å². The summed E-state index contributed by atoms with van der Waals surface area (Å²) in [5.41, 5.74) is 1.67. The number of rotatable bonds is 5. The number of carbonyl (C=O) groups excluding carboxylic acids is 1. The molecular weight excluding hydrogens is 284 g/mol. The zero-order valence-electron chi connectivity index (χ0n) is 12.6. The van der Waals surface area contributed by atoms with E-state index < -0.39 is 0 Å². The van der Waals surface area contributed by atoms with Crippen molar-refractivity contribution in [3.05, 3.63) is 51.2 Å². The van der Waals surface area contributed by atoms with E-state index in [1.54, 1.807) is 49.8 Å². The largest absolute Gasteiger partial charge is 0.493 e. The van der Waals surface area contributed by atoms with Crippen LogP contribution in [0.25, 0.3) is 6.08 Å². The van der Waals surface area contributed by atoms with Gasteiger partial charge in [0.05, 0.1) is 14.2 Å². The molecule has 0 fully saturated rings. The van der Waals surface area contributed by atoms with Crippen LogP contribution in [0.3, 0.4) is 0 Å². The van der Waals surface area contributed by atoms with Gasteiger partial charge in [-0.05, 0) is 55.8 Å². The number of benzene rings is 1. The molecule has 4 heteroatoms. The summed E-state index contributed by atoms with van der Waals surface area (Å²) in [6.45, 7) is 4.11. The average Bonchev–Trinajstić information content (AvgIpc) is 2.81. The standard InChI is InChI=1S/C17H18O3S/c1-11-9-13(12(2)21-11)5-7-15(18)14-6-8-16(19-3)17(10-14)20-4/h5-10H,1-4H3/b7-5+. The highest BCUT2D eigenvalue weighted by molar-refractivity contribution is 7.12. The van der Waals surface area contributed by atoms with E-state index in [0.29, 0.717) is 17.1 Å². The Morgan fingerprint density at radius 3 is 2.38 bits per heavy atom. The highest BCUT2D eigenvalue weighted by Crippen LogP contribution is 2.28. The number of allylic oxidation sites excluding steroid dienone is 1. The number of thiophene rings is 1.